The zero-order valence-electron chi connectivity index (χ0n) is 10.8. The Labute approximate surface area is 97.9 Å². The summed E-state index contributed by atoms with van der Waals surface area (Å²) in [4.78, 5) is 8.66. The van der Waals surface area contributed by atoms with Crippen molar-refractivity contribution in [3.63, 3.8) is 0 Å². The van der Waals surface area contributed by atoms with E-state index in [2.05, 4.69) is 41.4 Å². The summed E-state index contributed by atoms with van der Waals surface area (Å²) in [5.74, 6) is 3.14. The lowest BCUT2D eigenvalue weighted by Gasteiger charge is -2.21. The third kappa shape index (κ3) is 3.36. The Bertz CT molecular complexity index is 336. The van der Waals surface area contributed by atoms with E-state index < -0.39 is 0 Å². The average Bonchev–Trinajstić information content (AvgIpc) is 2.24. The van der Waals surface area contributed by atoms with Crippen molar-refractivity contribution in [2.75, 3.05) is 17.7 Å². The lowest BCUT2D eigenvalue weighted by atomic mass is 10.0. The second-order valence-electron chi connectivity index (χ2n) is 4.34. The van der Waals surface area contributed by atoms with Gasteiger partial charge in [0.25, 0.3) is 0 Å². The summed E-state index contributed by atoms with van der Waals surface area (Å²) in [6.45, 7) is 8.52. The Morgan fingerprint density at radius 3 is 2.38 bits per heavy atom. The fourth-order valence-electron chi connectivity index (χ4n) is 1.70. The van der Waals surface area contributed by atoms with Gasteiger partial charge >= 0.3 is 0 Å². The highest BCUT2D eigenvalue weighted by atomic mass is 15.1. The molecular formula is C12H22N4. The maximum Gasteiger partial charge on any atom is 0.132 e. The monoisotopic (exact) mass is 222 g/mol. The maximum atomic E-state index is 4.39. The molecule has 4 nitrogen and oxygen atoms in total. The normalized spacial score (nSPS) is 12.6. The van der Waals surface area contributed by atoms with E-state index in [1.807, 2.05) is 20.0 Å². The van der Waals surface area contributed by atoms with Crippen LogP contribution in [0.25, 0.3) is 0 Å². The number of aromatic nitrogens is 2. The van der Waals surface area contributed by atoms with Crippen molar-refractivity contribution in [3.8, 4) is 0 Å². The van der Waals surface area contributed by atoms with Gasteiger partial charge in [0.15, 0.2) is 0 Å². The van der Waals surface area contributed by atoms with Gasteiger partial charge in [0.1, 0.15) is 17.5 Å². The van der Waals surface area contributed by atoms with Crippen molar-refractivity contribution in [1.82, 2.24) is 9.97 Å². The van der Waals surface area contributed by atoms with E-state index in [-0.39, 0.29) is 0 Å². The van der Waals surface area contributed by atoms with Crippen LogP contribution in [0, 0.1) is 12.8 Å². The van der Waals surface area contributed by atoms with Gasteiger partial charge in [0.2, 0.25) is 0 Å². The van der Waals surface area contributed by atoms with Crippen LogP contribution < -0.4 is 10.6 Å². The SMILES string of the molecule is CCC(Nc1cc(NC)nc(C)n1)C(C)C. The molecule has 90 valence electrons. The van der Waals surface area contributed by atoms with Crippen LogP contribution in [0.2, 0.25) is 0 Å². The van der Waals surface area contributed by atoms with Gasteiger partial charge in [-0.1, -0.05) is 20.8 Å². The molecule has 1 heterocycles. The second-order valence-corrected chi connectivity index (χ2v) is 4.34. The molecule has 1 aromatic heterocycles. The molecule has 1 rings (SSSR count). The molecule has 1 aromatic rings. The van der Waals surface area contributed by atoms with Crippen molar-refractivity contribution in [2.45, 2.75) is 40.2 Å². The Morgan fingerprint density at radius 1 is 1.25 bits per heavy atom. The molecule has 0 fully saturated rings. The third-order valence-corrected chi connectivity index (χ3v) is 2.67. The predicted octanol–water partition coefficient (Wildman–Crippen LogP) is 2.67. The molecule has 16 heavy (non-hydrogen) atoms. The fraction of sp³-hybridized carbons (Fsp3) is 0.667. The number of rotatable bonds is 5. The van der Waals surface area contributed by atoms with Gasteiger partial charge in [0.05, 0.1) is 0 Å². The predicted molar refractivity (Wildman–Crippen MR) is 68.9 cm³/mol. The van der Waals surface area contributed by atoms with E-state index in [0.717, 1.165) is 23.9 Å². The summed E-state index contributed by atoms with van der Waals surface area (Å²) in [5, 5.41) is 6.49. The number of anilines is 2. The standard InChI is InChI=1S/C12H22N4/c1-6-10(8(2)3)16-12-7-11(13-5)14-9(4)15-12/h7-8,10H,6H2,1-5H3,(H2,13,14,15,16). The molecule has 0 bridgehead atoms. The summed E-state index contributed by atoms with van der Waals surface area (Å²) in [5.41, 5.74) is 0. The minimum atomic E-state index is 0.457. The first-order valence-corrected chi connectivity index (χ1v) is 5.86. The van der Waals surface area contributed by atoms with E-state index >= 15 is 0 Å². The zero-order valence-corrected chi connectivity index (χ0v) is 10.8. The molecule has 0 saturated heterocycles. The van der Waals surface area contributed by atoms with Gasteiger partial charge < -0.3 is 10.6 Å². The van der Waals surface area contributed by atoms with Gasteiger partial charge in [-0.05, 0) is 19.3 Å². The molecule has 4 heteroatoms. The van der Waals surface area contributed by atoms with Crippen molar-refractivity contribution in [1.29, 1.82) is 0 Å². The van der Waals surface area contributed by atoms with E-state index in [1.54, 1.807) is 0 Å². The number of nitrogens with zero attached hydrogens (tertiary/aromatic N) is 2. The fourth-order valence-corrected chi connectivity index (χ4v) is 1.70. The van der Waals surface area contributed by atoms with Gasteiger partial charge in [-0.3, -0.25) is 0 Å². The molecule has 0 aliphatic rings. The first kappa shape index (κ1) is 12.7. The van der Waals surface area contributed by atoms with Crippen LogP contribution in [-0.2, 0) is 0 Å². The molecule has 1 unspecified atom stereocenters. The van der Waals surface area contributed by atoms with Crippen LogP contribution in [0.4, 0.5) is 11.6 Å². The highest BCUT2D eigenvalue weighted by Gasteiger charge is 2.11. The smallest absolute Gasteiger partial charge is 0.132 e. The summed E-state index contributed by atoms with van der Waals surface area (Å²) in [6.07, 6.45) is 1.09. The van der Waals surface area contributed by atoms with Crippen molar-refractivity contribution < 1.29 is 0 Å². The van der Waals surface area contributed by atoms with E-state index in [1.165, 1.54) is 0 Å². The summed E-state index contributed by atoms with van der Waals surface area (Å²) < 4.78 is 0. The Kier molecular flexibility index (Phi) is 4.52. The zero-order chi connectivity index (χ0) is 12.1. The lowest BCUT2D eigenvalue weighted by Crippen LogP contribution is -2.25. The maximum absolute atomic E-state index is 4.39. The summed E-state index contributed by atoms with van der Waals surface area (Å²) >= 11 is 0. The Balaban J connectivity index is 2.83. The Hall–Kier alpha value is -1.32. The van der Waals surface area contributed by atoms with E-state index in [0.29, 0.717) is 12.0 Å². The van der Waals surface area contributed by atoms with Gasteiger partial charge in [-0.2, -0.15) is 0 Å². The van der Waals surface area contributed by atoms with E-state index in [9.17, 15) is 0 Å². The van der Waals surface area contributed by atoms with Crippen LogP contribution >= 0.6 is 0 Å². The molecule has 0 saturated carbocycles. The molecule has 0 radical (unpaired) electrons. The molecule has 0 aromatic carbocycles. The highest BCUT2D eigenvalue weighted by molar-refractivity contribution is 5.47. The summed E-state index contributed by atoms with van der Waals surface area (Å²) in [6, 6.07) is 2.40. The van der Waals surface area contributed by atoms with Crippen molar-refractivity contribution >= 4 is 11.6 Å². The molecule has 0 amide bonds. The Morgan fingerprint density at radius 2 is 1.88 bits per heavy atom. The lowest BCUT2D eigenvalue weighted by molar-refractivity contribution is 0.509. The van der Waals surface area contributed by atoms with Crippen molar-refractivity contribution in [3.05, 3.63) is 11.9 Å². The molecule has 1 atom stereocenters. The highest BCUT2D eigenvalue weighted by Crippen LogP contribution is 2.15. The van der Waals surface area contributed by atoms with Crippen molar-refractivity contribution in [2.24, 2.45) is 5.92 Å². The molecule has 0 spiro atoms. The number of hydrogen-bond acceptors (Lipinski definition) is 4. The second kappa shape index (κ2) is 5.68. The number of nitrogens with one attached hydrogen (secondary N) is 2. The molecule has 0 aliphatic carbocycles. The van der Waals surface area contributed by atoms with Gasteiger partial charge in [-0.15, -0.1) is 0 Å². The van der Waals surface area contributed by atoms with Crippen LogP contribution in [0.15, 0.2) is 6.07 Å². The molecular weight excluding hydrogens is 200 g/mol. The van der Waals surface area contributed by atoms with Crippen LogP contribution in [0.5, 0.6) is 0 Å². The summed E-state index contributed by atoms with van der Waals surface area (Å²) in [7, 11) is 1.87. The minimum Gasteiger partial charge on any atom is -0.373 e. The average molecular weight is 222 g/mol. The minimum absolute atomic E-state index is 0.457. The first-order chi connectivity index (χ1) is 7.56. The van der Waals surface area contributed by atoms with Crippen LogP contribution in [0.3, 0.4) is 0 Å². The first-order valence-electron chi connectivity index (χ1n) is 5.86. The number of hydrogen-bond donors (Lipinski definition) is 2. The largest absolute Gasteiger partial charge is 0.373 e. The number of aryl methyl sites for hydroxylation is 1. The van der Waals surface area contributed by atoms with E-state index in [4.69, 9.17) is 0 Å². The molecule has 0 aliphatic heterocycles. The third-order valence-electron chi connectivity index (χ3n) is 2.67. The van der Waals surface area contributed by atoms with Gasteiger partial charge in [0, 0.05) is 19.2 Å². The van der Waals surface area contributed by atoms with Gasteiger partial charge in [-0.25, -0.2) is 9.97 Å². The molecule has 2 N–H and O–H groups in total. The van der Waals surface area contributed by atoms with Crippen LogP contribution in [-0.4, -0.2) is 23.1 Å². The van der Waals surface area contributed by atoms with Crippen LogP contribution in [0.1, 0.15) is 33.0 Å². The quantitative estimate of drug-likeness (QED) is 0.804. The topological polar surface area (TPSA) is 49.8 Å².